The summed E-state index contributed by atoms with van der Waals surface area (Å²) in [5.74, 6) is 0.322. The van der Waals surface area contributed by atoms with Crippen LogP contribution in [0.25, 0.3) is 11.3 Å². The third-order valence-corrected chi connectivity index (χ3v) is 5.35. The molecule has 7 nitrogen and oxygen atoms in total. The molecule has 0 atom stereocenters. The molecule has 3 aromatic carbocycles. The molecule has 166 valence electrons. The highest BCUT2D eigenvalue weighted by molar-refractivity contribution is 6.31. The average molecular weight is 460 g/mol. The van der Waals surface area contributed by atoms with Crippen LogP contribution in [-0.4, -0.2) is 21.8 Å². The zero-order valence-electron chi connectivity index (χ0n) is 17.9. The summed E-state index contributed by atoms with van der Waals surface area (Å²) >= 11 is 6.16. The number of amides is 1. The highest BCUT2D eigenvalue weighted by Gasteiger charge is 2.11. The third kappa shape index (κ3) is 5.58. The van der Waals surface area contributed by atoms with Crippen molar-refractivity contribution in [1.29, 1.82) is 0 Å². The first-order valence-corrected chi connectivity index (χ1v) is 10.6. The van der Waals surface area contributed by atoms with E-state index in [9.17, 15) is 4.79 Å². The molecule has 8 heteroatoms. The SMILES string of the molecule is C/C(=N/NC(=O)c1cc(-c2ccc(OCc3ccccc3Cl)cc2)n[nH]1)c1ccc(N)cc1. The van der Waals surface area contributed by atoms with E-state index < -0.39 is 0 Å². The van der Waals surface area contributed by atoms with Crippen molar-refractivity contribution in [2.45, 2.75) is 13.5 Å². The Morgan fingerprint density at radius 3 is 2.55 bits per heavy atom. The van der Waals surface area contributed by atoms with Crippen molar-refractivity contribution in [2.75, 3.05) is 5.73 Å². The minimum absolute atomic E-state index is 0.304. The van der Waals surface area contributed by atoms with E-state index >= 15 is 0 Å². The molecule has 0 aliphatic rings. The second-order valence-electron chi connectivity index (χ2n) is 7.33. The summed E-state index contributed by atoms with van der Waals surface area (Å²) in [5.41, 5.74) is 13.1. The number of carbonyl (C=O) groups is 1. The zero-order chi connectivity index (χ0) is 23.2. The topological polar surface area (TPSA) is 105 Å². The van der Waals surface area contributed by atoms with Gasteiger partial charge in [0.05, 0.1) is 11.4 Å². The first-order valence-electron chi connectivity index (χ1n) is 10.2. The predicted molar refractivity (Wildman–Crippen MR) is 130 cm³/mol. The van der Waals surface area contributed by atoms with Crippen LogP contribution < -0.4 is 15.9 Å². The van der Waals surface area contributed by atoms with Gasteiger partial charge in [-0.25, -0.2) is 5.43 Å². The Labute approximate surface area is 196 Å². The van der Waals surface area contributed by atoms with Gasteiger partial charge in [0, 0.05) is 21.8 Å². The van der Waals surface area contributed by atoms with Crippen molar-refractivity contribution in [2.24, 2.45) is 5.10 Å². The molecule has 0 spiro atoms. The summed E-state index contributed by atoms with van der Waals surface area (Å²) in [7, 11) is 0. The molecule has 1 aromatic heterocycles. The van der Waals surface area contributed by atoms with E-state index in [0.29, 0.717) is 40.2 Å². The molecule has 4 rings (SSSR count). The second kappa shape index (κ2) is 10.0. The highest BCUT2D eigenvalue weighted by Crippen LogP contribution is 2.23. The Morgan fingerprint density at radius 2 is 1.82 bits per heavy atom. The van der Waals surface area contributed by atoms with Gasteiger partial charge in [-0.1, -0.05) is 41.9 Å². The van der Waals surface area contributed by atoms with E-state index in [-0.39, 0.29) is 5.91 Å². The lowest BCUT2D eigenvalue weighted by atomic mass is 10.1. The van der Waals surface area contributed by atoms with Gasteiger partial charge in [0.2, 0.25) is 0 Å². The van der Waals surface area contributed by atoms with Gasteiger partial charge in [-0.2, -0.15) is 10.2 Å². The molecule has 0 fully saturated rings. The van der Waals surface area contributed by atoms with Crippen molar-refractivity contribution in [3.63, 3.8) is 0 Å². The highest BCUT2D eigenvalue weighted by atomic mass is 35.5. The number of nitrogens with zero attached hydrogens (tertiary/aromatic N) is 2. The van der Waals surface area contributed by atoms with Gasteiger partial charge in [-0.15, -0.1) is 0 Å². The zero-order valence-corrected chi connectivity index (χ0v) is 18.6. The van der Waals surface area contributed by atoms with Crippen LogP contribution in [0.4, 0.5) is 5.69 Å². The molecular weight excluding hydrogens is 438 g/mol. The quantitative estimate of drug-likeness (QED) is 0.204. The molecular formula is C25H22ClN5O2. The monoisotopic (exact) mass is 459 g/mol. The van der Waals surface area contributed by atoms with Crippen LogP contribution in [0.2, 0.25) is 5.02 Å². The molecule has 0 saturated carbocycles. The van der Waals surface area contributed by atoms with Crippen LogP contribution in [-0.2, 0) is 6.61 Å². The molecule has 1 amide bonds. The number of nitrogens with two attached hydrogens (primary N) is 1. The van der Waals surface area contributed by atoms with Gasteiger partial charge < -0.3 is 10.5 Å². The molecule has 0 aliphatic heterocycles. The third-order valence-electron chi connectivity index (χ3n) is 4.98. The molecule has 0 saturated heterocycles. The number of nitrogen functional groups attached to an aromatic ring is 1. The molecule has 4 aromatic rings. The molecule has 0 aliphatic carbocycles. The lowest BCUT2D eigenvalue weighted by Gasteiger charge is -2.08. The molecule has 4 N–H and O–H groups in total. The molecule has 0 radical (unpaired) electrons. The number of aromatic amines is 1. The fourth-order valence-electron chi connectivity index (χ4n) is 3.07. The number of rotatable bonds is 7. The summed E-state index contributed by atoms with van der Waals surface area (Å²) < 4.78 is 5.81. The van der Waals surface area contributed by atoms with Crippen molar-refractivity contribution in [1.82, 2.24) is 15.6 Å². The van der Waals surface area contributed by atoms with E-state index in [1.165, 1.54) is 0 Å². The van der Waals surface area contributed by atoms with Gasteiger partial charge in [0.1, 0.15) is 18.1 Å². The van der Waals surface area contributed by atoms with Crippen molar-refractivity contribution < 1.29 is 9.53 Å². The minimum atomic E-state index is -0.386. The maximum Gasteiger partial charge on any atom is 0.289 e. The van der Waals surface area contributed by atoms with Crippen LogP contribution in [0.5, 0.6) is 5.75 Å². The largest absolute Gasteiger partial charge is 0.489 e. The maximum absolute atomic E-state index is 12.4. The summed E-state index contributed by atoms with van der Waals surface area (Å²) in [5, 5.41) is 11.8. The summed E-state index contributed by atoms with van der Waals surface area (Å²) in [6.45, 7) is 2.18. The number of carbonyl (C=O) groups excluding carboxylic acids is 1. The minimum Gasteiger partial charge on any atom is -0.489 e. The standard InChI is InChI=1S/C25H22ClN5O2/c1-16(17-6-10-20(27)11-7-17)28-31-25(32)24-14-23(29-30-24)18-8-12-21(13-9-18)33-15-19-4-2-3-5-22(19)26/h2-14H,15,27H2,1H3,(H,29,30)(H,31,32)/b28-16-. The number of hydrogen-bond donors (Lipinski definition) is 3. The van der Waals surface area contributed by atoms with Crippen LogP contribution >= 0.6 is 11.6 Å². The molecule has 33 heavy (non-hydrogen) atoms. The number of aromatic nitrogens is 2. The summed E-state index contributed by atoms with van der Waals surface area (Å²) in [6, 6.07) is 23.9. The van der Waals surface area contributed by atoms with Crippen molar-refractivity contribution in [3.8, 4) is 17.0 Å². The summed E-state index contributed by atoms with van der Waals surface area (Å²) in [4.78, 5) is 12.4. The lowest BCUT2D eigenvalue weighted by Crippen LogP contribution is -2.19. The van der Waals surface area contributed by atoms with Gasteiger partial charge >= 0.3 is 0 Å². The Morgan fingerprint density at radius 1 is 1.09 bits per heavy atom. The Hall–Kier alpha value is -4.10. The smallest absolute Gasteiger partial charge is 0.289 e. The maximum atomic E-state index is 12.4. The molecule has 0 unspecified atom stereocenters. The lowest BCUT2D eigenvalue weighted by molar-refractivity contribution is 0.0950. The number of nitrogens with one attached hydrogen (secondary N) is 2. The Kier molecular flexibility index (Phi) is 6.71. The normalized spacial score (nSPS) is 11.3. The van der Waals surface area contributed by atoms with E-state index in [2.05, 4.69) is 20.7 Å². The molecule has 1 heterocycles. The van der Waals surface area contributed by atoms with Crippen LogP contribution in [0, 0.1) is 0 Å². The first kappa shape index (κ1) is 22.1. The molecule has 0 bridgehead atoms. The van der Waals surface area contributed by atoms with E-state index in [4.69, 9.17) is 22.1 Å². The first-order chi connectivity index (χ1) is 16.0. The summed E-state index contributed by atoms with van der Waals surface area (Å²) in [6.07, 6.45) is 0. The number of hydrazone groups is 1. The number of hydrogen-bond acceptors (Lipinski definition) is 5. The van der Waals surface area contributed by atoms with E-state index in [0.717, 1.165) is 16.7 Å². The van der Waals surface area contributed by atoms with Crippen LogP contribution in [0.1, 0.15) is 28.5 Å². The van der Waals surface area contributed by atoms with Crippen molar-refractivity contribution >= 4 is 28.9 Å². The number of anilines is 1. The number of ether oxygens (including phenoxy) is 1. The number of H-pyrrole nitrogens is 1. The van der Waals surface area contributed by atoms with E-state index in [1.54, 1.807) is 25.1 Å². The fourth-order valence-corrected chi connectivity index (χ4v) is 3.26. The van der Waals surface area contributed by atoms with E-state index in [1.807, 2.05) is 60.7 Å². The van der Waals surface area contributed by atoms with Crippen LogP contribution in [0.3, 0.4) is 0 Å². The van der Waals surface area contributed by atoms with Gasteiger partial charge in [0.15, 0.2) is 0 Å². The van der Waals surface area contributed by atoms with Gasteiger partial charge in [-0.3, -0.25) is 9.89 Å². The number of halogens is 1. The average Bonchev–Trinajstić information content (AvgIpc) is 3.33. The number of benzene rings is 3. The van der Waals surface area contributed by atoms with Gasteiger partial charge in [0.25, 0.3) is 5.91 Å². The van der Waals surface area contributed by atoms with Gasteiger partial charge in [-0.05, 0) is 61.0 Å². The van der Waals surface area contributed by atoms with Crippen molar-refractivity contribution in [3.05, 3.63) is 101 Å². The Bertz CT molecular complexity index is 1280. The second-order valence-corrected chi connectivity index (χ2v) is 7.74. The fraction of sp³-hybridized carbons (Fsp3) is 0.0800. The predicted octanol–water partition coefficient (Wildman–Crippen LogP) is 5.05. The Balaban J connectivity index is 1.37. The van der Waals surface area contributed by atoms with Crippen LogP contribution in [0.15, 0.2) is 84.0 Å².